The zero-order valence-electron chi connectivity index (χ0n) is 8.50. The Bertz CT molecular complexity index is 256. The zero-order chi connectivity index (χ0) is 9.85. The van der Waals surface area contributed by atoms with Crippen LogP contribution in [-0.2, 0) is 0 Å². The minimum Gasteiger partial charge on any atom is -0.465 e. The lowest BCUT2D eigenvalue weighted by molar-refractivity contribution is 0.133. The molecule has 0 aromatic heterocycles. The van der Waals surface area contributed by atoms with Crippen LogP contribution in [0.25, 0.3) is 0 Å². The Balaban J connectivity index is 2.12. The summed E-state index contributed by atoms with van der Waals surface area (Å²) in [6, 6.07) is 0. The molecule has 1 amide bonds. The highest BCUT2D eigenvalue weighted by molar-refractivity contribution is 5.66. The largest absolute Gasteiger partial charge is 0.465 e. The van der Waals surface area contributed by atoms with Crippen LogP contribution in [0.2, 0.25) is 0 Å². The molecular formula is C10H17NO2. The first-order chi connectivity index (χ1) is 5.87. The lowest BCUT2D eigenvalue weighted by Crippen LogP contribution is -2.34. The van der Waals surface area contributed by atoms with Gasteiger partial charge in [0.1, 0.15) is 0 Å². The maximum atomic E-state index is 10.8. The van der Waals surface area contributed by atoms with Crippen molar-refractivity contribution in [2.24, 2.45) is 16.7 Å². The van der Waals surface area contributed by atoms with Gasteiger partial charge in [-0.25, -0.2) is 4.79 Å². The van der Waals surface area contributed by atoms with E-state index in [9.17, 15) is 4.79 Å². The maximum absolute atomic E-state index is 10.8. The van der Waals surface area contributed by atoms with E-state index in [1.807, 2.05) is 0 Å². The van der Waals surface area contributed by atoms with Crippen LogP contribution in [0.4, 0.5) is 4.79 Å². The molecule has 74 valence electrons. The van der Waals surface area contributed by atoms with Gasteiger partial charge in [-0.1, -0.05) is 20.8 Å². The molecule has 1 aliphatic carbocycles. The Morgan fingerprint density at radius 3 is 2.46 bits per heavy atom. The summed E-state index contributed by atoms with van der Waals surface area (Å²) < 4.78 is 0. The molecule has 2 fully saturated rings. The Morgan fingerprint density at radius 2 is 2.15 bits per heavy atom. The van der Waals surface area contributed by atoms with E-state index in [0.717, 1.165) is 13.1 Å². The summed E-state index contributed by atoms with van der Waals surface area (Å²) in [5.41, 5.74) is 0.549. The SMILES string of the molecule is CC(C)(C)C12CC1CN(C(=O)O)C2. The van der Waals surface area contributed by atoms with Crippen molar-refractivity contribution in [2.75, 3.05) is 13.1 Å². The number of fused-ring (bicyclic) bond motifs is 1. The van der Waals surface area contributed by atoms with Gasteiger partial charge in [0.25, 0.3) is 0 Å². The van der Waals surface area contributed by atoms with Gasteiger partial charge in [0.05, 0.1) is 0 Å². The van der Waals surface area contributed by atoms with Crippen molar-refractivity contribution in [1.29, 1.82) is 0 Å². The molecule has 3 heteroatoms. The molecule has 1 aliphatic heterocycles. The van der Waals surface area contributed by atoms with E-state index in [0.29, 0.717) is 11.3 Å². The van der Waals surface area contributed by atoms with Crippen LogP contribution in [0, 0.1) is 16.7 Å². The van der Waals surface area contributed by atoms with Crippen molar-refractivity contribution in [3.8, 4) is 0 Å². The fraction of sp³-hybridized carbons (Fsp3) is 0.900. The summed E-state index contributed by atoms with van der Waals surface area (Å²) in [6.07, 6.45) is 0.469. The summed E-state index contributed by atoms with van der Waals surface area (Å²) in [6.45, 7) is 8.16. The van der Waals surface area contributed by atoms with Gasteiger partial charge in [-0.15, -0.1) is 0 Å². The Hall–Kier alpha value is -0.730. The summed E-state index contributed by atoms with van der Waals surface area (Å²) in [7, 11) is 0. The van der Waals surface area contributed by atoms with Crippen LogP contribution in [-0.4, -0.2) is 29.2 Å². The van der Waals surface area contributed by atoms with Gasteiger partial charge in [0.2, 0.25) is 0 Å². The second-order valence-electron chi connectivity index (χ2n) is 5.47. The third-order valence-corrected chi connectivity index (χ3v) is 3.91. The second-order valence-corrected chi connectivity index (χ2v) is 5.47. The van der Waals surface area contributed by atoms with E-state index in [-0.39, 0.29) is 5.41 Å². The van der Waals surface area contributed by atoms with E-state index in [2.05, 4.69) is 20.8 Å². The monoisotopic (exact) mass is 183 g/mol. The summed E-state index contributed by atoms with van der Waals surface area (Å²) in [4.78, 5) is 12.3. The van der Waals surface area contributed by atoms with E-state index in [4.69, 9.17) is 5.11 Å². The predicted molar refractivity (Wildman–Crippen MR) is 49.6 cm³/mol. The third-order valence-electron chi connectivity index (χ3n) is 3.91. The molecule has 1 N–H and O–H groups in total. The van der Waals surface area contributed by atoms with Crippen molar-refractivity contribution in [1.82, 2.24) is 4.90 Å². The van der Waals surface area contributed by atoms with E-state index in [1.165, 1.54) is 6.42 Å². The Morgan fingerprint density at radius 1 is 1.54 bits per heavy atom. The second kappa shape index (κ2) is 2.20. The van der Waals surface area contributed by atoms with E-state index >= 15 is 0 Å². The molecule has 0 aromatic carbocycles. The molecule has 0 radical (unpaired) electrons. The average molecular weight is 183 g/mol. The molecule has 1 saturated carbocycles. The number of nitrogens with zero attached hydrogens (tertiary/aromatic N) is 1. The van der Waals surface area contributed by atoms with E-state index < -0.39 is 6.09 Å². The molecule has 2 atom stereocenters. The Kier molecular flexibility index (Phi) is 1.49. The predicted octanol–water partition coefficient (Wildman–Crippen LogP) is 2.03. The van der Waals surface area contributed by atoms with Crippen LogP contribution < -0.4 is 0 Å². The normalized spacial score (nSPS) is 37.5. The van der Waals surface area contributed by atoms with Crippen LogP contribution in [0.3, 0.4) is 0 Å². The molecule has 2 unspecified atom stereocenters. The lowest BCUT2D eigenvalue weighted by Gasteiger charge is -2.30. The third kappa shape index (κ3) is 1.06. The summed E-state index contributed by atoms with van der Waals surface area (Å²) in [5, 5.41) is 8.86. The van der Waals surface area contributed by atoms with Gasteiger partial charge < -0.3 is 10.0 Å². The van der Waals surface area contributed by atoms with Crippen LogP contribution >= 0.6 is 0 Å². The number of carbonyl (C=O) groups is 1. The molecule has 0 aromatic rings. The van der Waals surface area contributed by atoms with E-state index in [1.54, 1.807) is 4.90 Å². The zero-order valence-corrected chi connectivity index (χ0v) is 8.50. The summed E-state index contributed by atoms with van der Waals surface area (Å²) >= 11 is 0. The highest BCUT2D eigenvalue weighted by atomic mass is 16.4. The first-order valence-corrected chi connectivity index (χ1v) is 4.85. The maximum Gasteiger partial charge on any atom is 0.407 e. The number of rotatable bonds is 0. The topological polar surface area (TPSA) is 40.5 Å². The van der Waals surface area contributed by atoms with Crippen molar-refractivity contribution >= 4 is 6.09 Å². The van der Waals surface area contributed by atoms with Crippen LogP contribution in [0.1, 0.15) is 27.2 Å². The number of hydrogen-bond donors (Lipinski definition) is 1. The minimum atomic E-state index is -0.754. The molecule has 1 heterocycles. The molecule has 0 bridgehead atoms. The first-order valence-electron chi connectivity index (χ1n) is 4.85. The molecule has 3 nitrogen and oxygen atoms in total. The van der Waals surface area contributed by atoms with Gasteiger partial charge >= 0.3 is 6.09 Å². The molecule has 1 saturated heterocycles. The number of carboxylic acid groups (broad SMARTS) is 1. The fourth-order valence-corrected chi connectivity index (χ4v) is 2.79. The van der Waals surface area contributed by atoms with Gasteiger partial charge in [0, 0.05) is 13.1 Å². The number of likely N-dealkylation sites (tertiary alicyclic amines) is 1. The number of piperidine rings is 1. The van der Waals surface area contributed by atoms with Gasteiger partial charge in [0.15, 0.2) is 0 Å². The van der Waals surface area contributed by atoms with Gasteiger partial charge in [-0.05, 0) is 23.2 Å². The minimum absolute atomic E-state index is 0.252. The van der Waals surface area contributed by atoms with Crippen LogP contribution in [0.15, 0.2) is 0 Å². The number of hydrogen-bond acceptors (Lipinski definition) is 1. The molecule has 0 spiro atoms. The lowest BCUT2D eigenvalue weighted by atomic mass is 9.77. The van der Waals surface area contributed by atoms with Crippen molar-refractivity contribution in [2.45, 2.75) is 27.2 Å². The van der Waals surface area contributed by atoms with Gasteiger partial charge in [-0.2, -0.15) is 0 Å². The quantitative estimate of drug-likeness (QED) is 0.624. The molecule has 13 heavy (non-hydrogen) atoms. The van der Waals surface area contributed by atoms with Crippen molar-refractivity contribution in [3.63, 3.8) is 0 Å². The molecule has 2 aliphatic rings. The molecular weight excluding hydrogens is 166 g/mol. The highest BCUT2D eigenvalue weighted by Crippen LogP contribution is 2.66. The number of amides is 1. The Labute approximate surface area is 78.7 Å². The van der Waals surface area contributed by atoms with Crippen LogP contribution in [0.5, 0.6) is 0 Å². The standard InChI is InChI=1S/C10H17NO2/c1-9(2,3)10-4-7(10)5-11(6-10)8(12)13/h7H,4-6H2,1-3H3,(H,12,13). The summed E-state index contributed by atoms with van der Waals surface area (Å²) in [5.74, 6) is 0.628. The highest BCUT2D eigenvalue weighted by Gasteiger charge is 2.66. The average Bonchev–Trinajstić information content (AvgIpc) is 2.54. The van der Waals surface area contributed by atoms with Crippen molar-refractivity contribution < 1.29 is 9.90 Å². The van der Waals surface area contributed by atoms with Crippen molar-refractivity contribution in [3.05, 3.63) is 0 Å². The smallest absolute Gasteiger partial charge is 0.407 e. The fourth-order valence-electron chi connectivity index (χ4n) is 2.79. The first kappa shape index (κ1) is 8.85. The molecule has 2 rings (SSSR count). The van der Waals surface area contributed by atoms with Gasteiger partial charge in [-0.3, -0.25) is 0 Å².